The highest BCUT2D eigenvalue weighted by Gasteiger charge is 2.47. The lowest BCUT2D eigenvalue weighted by Crippen LogP contribution is -2.64. The molecule has 0 aliphatic heterocycles. The normalized spacial score (nSPS) is 12.8. The summed E-state index contributed by atoms with van der Waals surface area (Å²) >= 11 is 0. The Morgan fingerprint density at radius 2 is 1.25 bits per heavy atom. The first-order valence-electron chi connectivity index (χ1n) is 8.19. The molecule has 0 saturated heterocycles. The van der Waals surface area contributed by atoms with Crippen molar-refractivity contribution in [3.8, 4) is 0 Å². The van der Waals surface area contributed by atoms with Crippen LogP contribution < -0.4 is 22.1 Å². The third-order valence-electron chi connectivity index (χ3n) is 2.73. The van der Waals surface area contributed by atoms with Gasteiger partial charge in [-0.1, -0.05) is 0 Å². The standard InChI is InChI=1S/C16H34N4O4/c1-14(2,3)23-12(21)16(18,13(22)24-15(4,5)6)11-20-10-9-19-8-7-17/h19-20H,7-11,17-18H2,1-6H3. The molecular weight excluding hydrogens is 312 g/mol. The van der Waals surface area contributed by atoms with E-state index in [0.717, 1.165) is 0 Å². The Morgan fingerprint density at radius 1 is 0.833 bits per heavy atom. The molecule has 0 aromatic carbocycles. The summed E-state index contributed by atoms with van der Waals surface area (Å²) in [4.78, 5) is 24.9. The van der Waals surface area contributed by atoms with Gasteiger partial charge in [0.15, 0.2) is 0 Å². The molecule has 0 saturated carbocycles. The molecule has 0 fully saturated rings. The molecular formula is C16H34N4O4. The van der Waals surface area contributed by atoms with Crippen LogP contribution in [0.1, 0.15) is 41.5 Å². The predicted octanol–water partition coefficient (Wildman–Crippen LogP) is -0.495. The number of ether oxygens (including phenoxy) is 2. The summed E-state index contributed by atoms with van der Waals surface area (Å²) in [6.07, 6.45) is 0. The van der Waals surface area contributed by atoms with Crippen molar-refractivity contribution < 1.29 is 19.1 Å². The van der Waals surface area contributed by atoms with E-state index in [1.165, 1.54) is 0 Å². The van der Waals surface area contributed by atoms with Crippen LogP contribution in [0.15, 0.2) is 0 Å². The molecule has 0 spiro atoms. The molecule has 6 N–H and O–H groups in total. The molecule has 142 valence electrons. The van der Waals surface area contributed by atoms with Crippen molar-refractivity contribution in [1.82, 2.24) is 10.6 Å². The van der Waals surface area contributed by atoms with E-state index in [4.69, 9.17) is 20.9 Å². The van der Waals surface area contributed by atoms with Crippen molar-refractivity contribution in [2.24, 2.45) is 11.5 Å². The average Bonchev–Trinajstić information content (AvgIpc) is 2.38. The summed E-state index contributed by atoms with van der Waals surface area (Å²) in [5.74, 6) is -1.63. The van der Waals surface area contributed by atoms with Gasteiger partial charge in [-0.05, 0) is 41.5 Å². The first-order chi connectivity index (χ1) is 10.8. The largest absolute Gasteiger partial charge is 0.458 e. The van der Waals surface area contributed by atoms with Crippen LogP contribution in [0.3, 0.4) is 0 Å². The minimum absolute atomic E-state index is 0.0822. The van der Waals surface area contributed by atoms with Crippen LogP contribution in [0.5, 0.6) is 0 Å². The van der Waals surface area contributed by atoms with E-state index < -0.39 is 28.7 Å². The molecule has 8 heteroatoms. The predicted molar refractivity (Wildman–Crippen MR) is 93.4 cm³/mol. The monoisotopic (exact) mass is 346 g/mol. The fourth-order valence-corrected chi connectivity index (χ4v) is 1.66. The first kappa shape index (κ1) is 22.8. The first-order valence-corrected chi connectivity index (χ1v) is 8.19. The number of esters is 2. The zero-order valence-corrected chi connectivity index (χ0v) is 15.8. The third kappa shape index (κ3) is 9.17. The van der Waals surface area contributed by atoms with Crippen LogP contribution in [0.4, 0.5) is 0 Å². The van der Waals surface area contributed by atoms with Crippen molar-refractivity contribution >= 4 is 11.9 Å². The summed E-state index contributed by atoms with van der Waals surface area (Å²) in [7, 11) is 0. The number of nitrogens with one attached hydrogen (secondary N) is 2. The number of hydrogen-bond acceptors (Lipinski definition) is 8. The lowest BCUT2D eigenvalue weighted by molar-refractivity contribution is -0.176. The minimum atomic E-state index is -1.91. The molecule has 0 rings (SSSR count). The Bertz CT molecular complexity index is 385. The van der Waals surface area contributed by atoms with Crippen LogP contribution in [-0.2, 0) is 19.1 Å². The smallest absolute Gasteiger partial charge is 0.339 e. The molecule has 0 bridgehead atoms. The number of carbonyl (C=O) groups is 2. The lowest BCUT2D eigenvalue weighted by atomic mass is 10.00. The Kier molecular flexibility index (Phi) is 8.84. The Labute approximate surface area is 145 Å². The molecule has 0 amide bonds. The topological polar surface area (TPSA) is 129 Å². The van der Waals surface area contributed by atoms with Gasteiger partial charge in [-0.15, -0.1) is 0 Å². The molecule has 24 heavy (non-hydrogen) atoms. The summed E-state index contributed by atoms with van der Waals surface area (Å²) in [5, 5.41) is 6.08. The van der Waals surface area contributed by atoms with Gasteiger partial charge in [-0.25, -0.2) is 9.59 Å². The van der Waals surface area contributed by atoms with Gasteiger partial charge in [0.25, 0.3) is 0 Å². The van der Waals surface area contributed by atoms with E-state index in [1.54, 1.807) is 41.5 Å². The Morgan fingerprint density at radius 3 is 1.62 bits per heavy atom. The van der Waals surface area contributed by atoms with E-state index in [2.05, 4.69) is 10.6 Å². The number of nitrogens with two attached hydrogens (primary N) is 2. The van der Waals surface area contributed by atoms with Gasteiger partial charge in [-0.2, -0.15) is 0 Å². The van der Waals surface area contributed by atoms with Crippen LogP contribution in [0.25, 0.3) is 0 Å². The molecule has 0 aliphatic rings. The lowest BCUT2D eigenvalue weighted by Gasteiger charge is -2.32. The maximum absolute atomic E-state index is 12.5. The van der Waals surface area contributed by atoms with Crippen LogP contribution in [0.2, 0.25) is 0 Å². The number of hydrogen-bond donors (Lipinski definition) is 4. The van der Waals surface area contributed by atoms with Gasteiger partial charge >= 0.3 is 11.9 Å². The second-order valence-electron chi connectivity index (χ2n) is 7.69. The van der Waals surface area contributed by atoms with E-state index in [0.29, 0.717) is 26.2 Å². The SMILES string of the molecule is CC(C)(C)OC(=O)C(N)(CNCCNCCN)C(=O)OC(C)(C)C. The van der Waals surface area contributed by atoms with E-state index in [1.807, 2.05) is 0 Å². The quantitative estimate of drug-likeness (QED) is 0.250. The summed E-state index contributed by atoms with van der Waals surface area (Å²) in [5.41, 5.74) is 8.05. The zero-order valence-electron chi connectivity index (χ0n) is 15.8. The van der Waals surface area contributed by atoms with E-state index >= 15 is 0 Å². The summed E-state index contributed by atoms with van der Waals surface area (Å²) in [6, 6.07) is 0. The molecule has 8 nitrogen and oxygen atoms in total. The van der Waals surface area contributed by atoms with Gasteiger partial charge < -0.3 is 31.6 Å². The van der Waals surface area contributed by atoms with Gasteiger partial charge in [-0.3, -0.25) is 0 Å². The molecule has 0 heterocycles. The Hall–Kier alpha value is -1.22. The highest BCUT2D eigenvalue weighted by molar-refractivity contribution is 6.05. The number of carbonyl (C=O) groups excluding carboxylic acids is 2. The summed E-state index contributed by atoms with van der Waals surface area (Å²) < 4.78 is 10.6. The minimum Gasteiger partial charge on any atom is -0.458 e. The maximum atomic E-state index is 12.5. The average molecular weight is 346 g/mol. The van der Waals surface area contributed by atoms with Gasteiger partial charge in [0, 0.05) is 32.7 Å². The van der Waals surface area contributed by atoms with Crippen molar-refractivity contribution in [3.63, 3.8) is 0 Å². The highest BCUT2D eigenvalue weighted by atomic mass is 16.6. The summed E-state index contributed by atoms with van der Waals surface area (Å²) in [6.45, 7) is 12.6. The molecule has 0 aromatic heterocycles. The van der Waals surface area contributed by atoms with Crippen molar-refractivity contribution in [3.05, 3.63) is 0 Å². The van der Waals surface area contributed by atoms with Gasteiger partial charge in [0.05, 0.1) is 0 Å². The van der Waals surface area contributed by atoms with E-state index in [-0.39, 0.29) is 6.54 Å². The van der Waals surface area contributed by atoms with Gasteiger partial charge in [0.1, 0.15) is 11.2 Å². The van der Waals surface area contributed by atoms with Crippen molar-refractivity contribution in [2.75, 3.05) is 32.7 Å². The fourth-order valence-electron chi connectivity index (χ4n) is 1.66. The highest BCUT2D eigenvalue weighted by Crippen LogP contribution is 2.17. The second-order valence-corrected chi connectivity index (χ2v) is 7.69. The molecule has 0 unspecified atom stereocenters. The number of rotatable bonds is 9. The maximum Gasteiger partial charge on any atom is 0.339 e. The molecule has 0 aliphatic carbocycles. The van der Waals surface area contributed by atoms with Crippen LogP contribution in [-0.4, -0.2) is 61.4 Å². The van der Waals surface area contributed by atoms with Crippen molar-refractivity contribution in [2.45, 2.75) is 58.3 Å². The van der Waals surface area contributed by atoms with Crippen LogP contribution in [0, 0.1) is 0 Å². The third-order valence-corrected chi connectivity index (χ3v) is 2.73. The van der Waals surface area contributed by atoms with Crippen molar-refractivity contribution in [1.29, 1.82) is 0 Å². The molecule has 0 atom stereocenters. The Balaban J connectivity index is 4.94. The second kappa shape index (κ2) is 9.31. The fraction of sp³-hybridized carbons (Fsp3) is 0.875. The van der Waals surface area contributed by atoms with Gasteiger partial charge in [0.2, 0.25) is 5.54 Å². The van der Waals surface area contributed by atoms with E-state index in [9.17, 15) is 9.59 Å². The zero-order chi connectivity index (χ0) is 19.0. The van der Waals surface area contributed by atoms with Crippen LogP contribution >= 0.6 is 0 Å². The molecule has 0 radical (unpaired) electrons. The molecule has 0 aromatic rings.